The Bertz CT molecular complexity index is 1240. The van der Waals surface area contributed by atoms with Gasteiger partial charge in [-0.15, -0.1) is 0 Å². The Morgan fingerprint density at radius 3 is 2.76 bits per heavy atom. The second-order valence-electron chi connectivity index (χ2n) is 8.97. The highest BCUT2D eigenvalue weighted by Crippen LogP contribution is 2.38. The zero-order valence-electron chi connectivity index (χ0n) is 18.5. The molecule has 3 aromatic rings. The lowest BCUT2D eigenvalue weighted by Gasteiger charge is -2.24. The number of anilines is 2. The van der Waals surface area contributed by atoms with Crippen molar-refractivity contribution in [3.63, 3.8) is 0 Å². The Kier molecular flexibility index (Phi) is 4.91. The fraction of sp³-hybridized carbons (Fsp3) is 0.308. The summed E-state index contributed by atoms with van der Waals surface area (Å²) in [4.78, 5) is 29.1. The number of fused-ring (bicyclic) bond motifs is 5. The van der Waals surface area contributed by atoms with Crippen LogP contribution in [0.25, 0.3) is 11.3 Å². The van der Waals surface area contributed by atoms with Crippen LogP contribution in [-0.4, -0.2) is 52.2 Å². The van der Waals surface area contributed by atoms with Crippen LogP contribution in [0.15, 0.2) is 59.7 Å². The van der Waals surface area contributed by atoms with Crippen molar-refractivity contribution in [1.29, 1.82) is 0 Å². The van der Waals surface area contributed by atoms with Gasteiger partial charge in [-0.2, -0.15) is 0 Å². The summed E-state index contributed by atoms with van der Waals surface area (Å²) in [6.07, 6.45) is 6.98. The van der Waals surface area contributed by atoms with Crippen molar-refractivity contribution in [2.24, 2.45) is 4.99 Å². The summed E-state index contributed by atoms with van der Waals surface area (Å²) >= 11 is 0. The van der Waals surface area contributed by atoms with Crippen LogP contribution in [0.3, 0.4) is 0 Å². The number of carbonyl (C=O) groups is 1. The van der Waals surface area contributed by atoms with Crippen LogP contribution >= 0.6 is 0 Å². The molecule has 33 heavy (non-hydrogen) atoms. The molecule has 1 aromatic heterocycles. The van der Waals surface area contributed by atoms with E-state index in [1.165, 1.54) is 0 Å². The zero-order valence-corrected chi connectivity index (χ0v) is 18.5. The van der Waals surface area contributed by atoms with Crippen molar-refractivity contribution in [3.8, 4) is 11.3 Å². The SMILES string of the molecule is CNC1CC2CCC1N2C(=O)c1ccc(Nc2ncc3c(n2)-c2ccccc2C=NC3)cc1. The fourth-order valence-electron chi connectivity index (χ4n) is 5.47. The summed E-state index contributed by atoms with van der Waals surface area (Å²) < 4.78 is 0. The Morgan fingerprint density at radius 1 is 1.09 bits per heavy atom. The number of hydrogen-bond acceptors (Lipinski definition) is 6. The van der Waals surface area contributed by atoms with Crippen molar-refractivity contribution >= 4 is 23.8 Å². The molecule has 7 heteroatoms. The minimum absolute atomic E-state index is 0.129. The van der Waals surface area contributed by atoms with E-state index < -0.39 is 0 Å². The summed E-state index contributed by atoms with van der Waals surface area (Å²) in [7, 11) is 1.99. The largest absolute Gasteiger partial charge is 0.331 e. The van der Waals surface area contributed by atoms with Crippen LogP contribution < -0.4 is 10.6 Å². The average Bonchev–Trinajstić information content (AvgIpc) is 3.37. The van der Waals surface area contributed by atoms with Gasteiger partial charge >= 0.3 is 0 Å². The van der Waals surface area contributed by atoms with Crippen molar-refractivity contribution in [2.75, 3.05) is 12.4 Å². The summed E-state index contributed by atoms with van der Waals surface area (Å²) in [6, 6.07) is 16.8. The van der Waals surface area contributed by atoms with Gasteiger partial charge in [0, 0.05) is 58.5 Å². The van der Waals surface area contributed by atoms with Gasteiger partial charge in [0.2, 0.25) is 5.95 Å². The molecule has 4 heterocycles. The standard InChI is InChI=1S/C26H26N6O/c1-27-22-12-20-10-11-23(22)32(20)25(33)16-6-8-19(9-7-16)30-26-29-15-18-14-28-13-17-4-2-3-5-21(17)24(18)31-26/h2-9,13,15,20,22-23,27H,10-12,14H2,1H3,(H,29,30,31). The monoisotopic (exact) mass is 438 g/mol. The van der Waals surface area contributed by atoms with Gasteiger partial charge in [0.05, 0.1) is 12.2 Å². The van der Waals surface area contributed by atoms with E-state index in [1.807, 2.05) is 61.9 Å². The van der Waals surface area contributed by atoms with E-state index in [1.54, 1.807) is 0 Å². The molecular formula is C26H26N6O. The average molecular weight is 439 g/mol. The Hall–Kier alpha value is -3.58. The molecule has 6 rings (SSSR count). The van der Waals surface area contributed by atoms with Crippen LogP contribution in [0.5, 0.6) is 0 Å². The summed E-state index contributed by atoms with van der Waals surface area (Å²) in [6.45, 7) is 0.563. The van der Waals surface area contributed by atoms with Crippen LogP contribution in [0.2, 0.25) is 0 Å². The van der Waals surface area contributed by atoms with Crippen molar-refractivity contribution in [1.82, 2.24) is 20.2 Å². The van der Waals surface area contributed by atoms with Crippen LogP contribution in [0.4, 0.5) is 11.6 Å². The third-order valence-electron chi connectivity index (χ3n) is 7.10. The first kappa shape index (κ1) is 20.1. The molecule has 0 radical (unpaired) electrons. The maximum atomic E-state index is 13.2. The highest BCUT2D eigenvalue weighted by Gasteiger charge is 2.47. The minimum Gasteiger partial charge on any atom is -0.331 e. The molecule has 0 aliphatic carbocycles. The number of rotatable bonds is 4. The zero-order chi connectivity index (χ0) is 22.4. The second kappa shape index (κ2) is 8.08. The number of aliphatic imine (C=N–C) groups is 1. The number of nitrogens with zero attached hydrogens (tertiary/aromatic N) is 4. The van der Waals surface area contributed by atoms with E-state index in [2.05, 4.69) is 31.6 Å². The molecule has 2 aromatic carbocycles. The van der Waals surface area contributed by atoms with E-state index in [4.69, 9.17) is 4.98 Å². The maximum Gasteiger partial charge on any atom is 0.254 e. The molecule has 166 valence electrons. The molecule has 0 spiro atoms. The van der Waals surface area contributed by atoms with Gasteiger partial charge in [-0.1, -0.05) is 24.3 Å². The van der Waals surface area contributed by atoms with E-state index in [0.717, 1.165) is 52.9 Å². The molecular weight excluding hydrogens is 412 g/mol. The Morgan fingerprint density at radius 2 is 1.94 bits per heavy atom. The van der Waals surface area contributed by atoms with E-state index in [9.17, 15) is 4.79 Å². The van der Waals surface area contributed by atoms with Gasteiger partial charge in [-0.3, -0.25) is 9.79 Å². The lowest BCUT2D eigenvalue weighted by Crippen LogP contribution is -2.41. The van der Waals surface area contributed by atoms with Gasteiger partial charge in [-0.25, -0.2) is 9.97 Å². The quantitative estimate of drug-likeness (QED) is 0.648. The van der Waals surface area contributed by atoms with Gasteiger partial charge in [-0.05, 0) is 50.6 Å². The number of aromatic nitrogens is 2. The highest BCUT2D eigenvalue weighted by molar-refractivity contribution is 5.95. The molecule has 1 amide bonds. The van der Waals surface area contributed by atoms with Gasteiger partial charge in [0.15, 0.2) is 0 Å². The lowest BCUT2D eigenvalue weighted by molar-refractivity contribution is 0.0724. The van der Waals surface area contributed by atoms with Gasteiger partial charge in [0.1, 0.15) is 0 Å². The van der Waals surface area contributed by atoms with E-state index in [-0.39, 0.29) is 5.91 Å². The number of hydrogen-bond donors (Lipinski definition) is 2. The predicted molar refractivity (Wildman–Crippen MR) is 129 cm³/mol. The first-order valence-electron chi connectivity index (χ1n) is 11.5. The number of nitrogens with one attached hydrogen (secondary N) is 2. The fourth-order valence-corrected chi connectivity index (χ4v) is 5.47. The third kappa shape index (κ3) is 3.49. The number of amides is 1. The first-order chi connectivity index (χ1) is 16.2. The van der Waals surface area contributed by atoms with Gasteiger partial charge < -0.3 is 15.5 Å². The molecule has 3 atom stereocenters. The van der Waals surface area contributed by atoms with Crippen LogP contribution in [0, 0.1) is 0 Å². The number of benzene rings is 2. The molecule has 2 bridgehead atoms. The van der Waals surface area contributed by atoms with Crippen molar-refractivity contribution in [2.45, 2.75) is 43.9 Å². The summed E-state index contributed by atoms with van der Waals surface area (Å²) in [5.41, 5.74) is 5.59. The molecule has 0 saturated carbocycles. The summed E-state index contributed by atoms with van der Waals surface area (Å²) in [5.74, 6) is 0.656. The predicted octanol–water partition coefficient (Wildman–Crippen LogP) is 3.78. The second-order valence-corrected chi connectivity index (χ2v) is 8.97. The normalized spacial score (nSPS) is 22.6. The lowest BCUT2D eigenvalue weighted by atomic mass is 9.96. The minimum atomic E-state index is 0.129. The topological polar surface area (TPSA) is 82.5 Å². The van der Waals surface area contributed by atoms with Gasteiger partial charge in [0.25, 0.3) is 5.91 Å². The highest BCUT2D eigenvalue weighted by atomic mass is 16.2. The summed E-state index contributed by atoms with van der Waals surface area (Å²) in [5, 5.41) is 6.66. The first-order valence-corrected chi connectivity index (χ1v) is 11.5. The number of carbonyl (C=O) groups excluding carboxylic acids is 1. The Balaban J connectivity index is 1.21. The van der Waals surface area contributed by atoms with E-state index >= 15 is 0 Å². The maximum absolute atomic E-state index is 13.2. The molecule has 3 aliphatic rings. The number of likely N-dealkylation sites (N-methyl/N-ethyl adjacent to an activating group) is 1. The molecule has 2 N–H and O–H groups in total. The molecule has 3 aliphatic heterocycles. The molecule has 3 unspecified atom stereocenters. The molecule has 7 nitrogen and oxygen atoms in total. The van der Waals surface area contributed by atoms with Crippen LogP contribution in [-0.2, 0) is 6.54 Å². The third-order valence-corrected chi connectivity index (χ3v) is 7.10. The smallest absolute Gasteiger partial charge is 0.254 e. The van der Waals surface area contributed by atoms with Crippen molar-refractivity contribution < 1.29 is 4.79 Å². The molecule has 2 fully saturated rings. The Labute approximate surface area is 193 Å². The van der Waals surface area contributed by atoms with E-state index in [0.29, 0.717) is 30.6 Å². The van der Waals surface area contributed by atoms with Crippen LogP contribution in [0.1, 0.15) is 40.7 Å². The van der Waals surface area contributed by atoms with Crippen molar-refractivity contribution in [3.05, 3.63) is 71.4 Å². The molecule has 2 saturated heterocycles.